The lowest BCUT2D eigenvalue weighted by Gasteiger charge is -2.23. The Balaban J connectivity index is 1.69. The molecule has 0 fully saturated rings. The number of carbonyl (C=O) groups excluding carboxylic acids is 2. The van der Waals surface area contributed by atoms with E-state index in [4.69, 9.17) is 0 Å². The summed E-state index contributed by atoms with van der Waals surface area (Å²) in [5.41, 5.74) is 1.86. The van der Waals surface area contributed by atoms with Crippen LogP contribution < -0.4 is 15.5 Å². The second-order valence-corrected chi connectivity index (χ2v) is 5.76. The lowest BCUT2D eigenvalue weighted by atomic mass is 10.2. The second-order valence-electron chi connectivity index (χ2n) is 5.76. The summed E-state index contributed by atoms with van der Waals surface area (Å²) in [6, 6.07) is 24.1. The van der Waals surface area contributed by atoms with Crippen LogP contribution in [0.5, 0.6) is 5.75 Å². The fourth-order valence-corrected chi connectivity index (χ4v) is 2.59. The predicted molar refractivity (Wildman–Crippen MR) is 105 cm³/mol. The van der Waals surface area contributed by atoms with Crippen molar-refractivity contribution in [1.29, 1.82) is 0 Å². The van der Waals surface area contributed by atoms with Crippen LogP contribution in [0, 0.1) is 0 Å². The molecule has 3 rings (SSSR count). The quantitative estimate of drug-likeness (QED) is 0.645. The standard InChI is InChI=1S/C21H19N3O3/c25-19-13-7-8-16(14-19)23-21(27)22-15-20(26)24(17-9-3-1-4-10-17)18-11-5-2-6-12-18/h1-14,25H,15H2,(H2,22,23,27). The monoisotopic (exact) mass is 361 g/mol. The van der Waals surface area contributed by atoms with Gasteiger partial charge in [-0.2, -0.15) is 0 Å². The van der Waals surface area contributed by atoms with E-state index in [1.54, 1.807) is 17.0 Å². The number of rotatable bonds is 5. The van der Waals surface area contributed by atoms with E-state index >= 15 is 0 Å². The largest absolute Gasteiger partial charge is 0.508 e. The highest BCUT2D eigenvalue weighted by molar-refractivity contribution is 6.03. The highest BCUT2D eigenvalue weighted by Crippen LogP contribution is 2.24. The van der Waals surface area contributed by atoms with Crippen LogP contribution in [-0.2, 0) is 4.79 Å². The number of phenols is 1. The third kappa shape index (κ3) is 4.85. The van der Waals surface area contributed by atoms with E-state index in [9.17, 15) is 14.7 Å². The summed E-state index contributed by atoms with van der Waals surface area (Å²) in [7, 11) is 0. The minimum absolute atomic E-state index is 0.0446. The van der Waals surface area contributed by atoms with Crippen molar-refractivity contribution >= 4 is 29.0 Å². The maximum atomic E-state index is 12.8. The van der Waals surface area contributed by atoms with Gasteiger partial charge in [-0.15, -0.1) is 0 Å². The molecule has 3 aromatic carbocycles. The molecule has 3 amide bonds. The Morgan fingerprint density at radius 3 is 1.96 bits per heavy atom. The first-order valence-corrected chi connectivity index (χ1v) is 8.40. The third-order valence-corrected chi connectivity index (χ3v) is 3.78. The van der Waals surface area contributed by atoms with Gasteiger partial charge in [0.25, 0.3) is 5.91 Å². The molecule has 27 heavy (non-hydrogen) atoms. The molecule has 3 N–H and O–H groups in total. The topological polar surface area (TPSA) is 81.7 Å². The highest BCUT2D eigenvalue weighted by Gasteiger charge is 2.18. The van der Waals surface area contributed by atoms with Gasteiger partial charge in [-0.3, -0.25) is 9.69 Å². The summed E-state index contributed by atoms with van der Waals surface area (Å²) >= 11 is 0. The summed E-state index contributed by atoms with van der Waals surface area (Å²) in [6.45, 7) is -0.186. The molecule has 6 nitrogen and oxygen atoms in total. The maximum Gasteiger partial charge on any atom is 0.319 e. The van der Waals surface area contributed by atoms with E-state index in [2.05, 4.69) is 10.6 Å². The molecule has 0 atom stereocenters. The zero-order valence-corrected chi connectivity index (χ0v) is 14.5. The molecule has 0 aromatic heterocycles. The fraction of sp³-hybridized carbons (Fsp3) is 0.0476. The van der Waals surface area contributed by atoms with Crippen molar-refractivity contribution in [3.63, 3.8) is 0 Å². The van der Waals surface area contributed by atoms with Gasteiger partial charge in [-0.05, 0) is 36.4 Å². The van der Waals surface area contributed by atoms with Crippen LogP contribution in [0.1, 0.15) is 0 Å². The van der Waals surface area contributed by atoms with Crippen molar-refractivity contribution in [3.05, 3.63) is 84.9 Å². The number of nitrogens with zero attached hydrogens (tertiary/aromatic N) is 1. The number of anilines is 3. The number of phenolic OH excluding ortho intramolecular Hbond substituents is 1. The summed E-state index contributed by atoms with van der Waals surface area (Å²) in [6.07, 6.45) is 0. The molecule has 0 aliphatic carbocycles. The van der Waals surface area contributed by atoms with Crippen LogP contribution in [0.3, 0.4) is 0 Å². The zero-order chi connectivity index (χ0) is 19.1. The minimum atomic E-state index is -0.532. The second kappa shape index (κ2) is 8.53. The van der Waals surface area contributed by atoms with Gasteiger partial charge in [0.05, 0.1) is 6.54 Å². The Hall–Kier alpha value is -3.80. The lowest BCUT2D eigenvalue weighted by molar-refractivity contribution is -0.116. The number of hydrogen-bond donors (Lipinski definition) is 3. The van der Waals surface area contributed by atoms with Crippen molar-refractivity contribution in [1.82, 2.24) is 5.32 Å². The van der Waals surface area contributed by atoms with E-state index in [1.807, 2.05) is 60.7 Å². The van der Waals surface area contributed by atoms with Crippen LogP contribution in [0.2, 0.25) is 0 Å². The first kappa shape index (κ1) is 18.0. The molecule has 0 saturated carbocycles. The molecule has 6 heteroatoms. The number of para-hydroxylation sites is 2. The van der Waals surface area contributed by atoms with Gasteiger partial charge >= 0.3 is 6.03 Å². The van der Waals surface area contributed by atoms with E-state index in [-0.39, 0.29) is 18.2 Å². The van der Waals surface area contributed by atoms with Gasteiger partial charge in [0.1, 0.15) is 5.75 Å². The highest BCUT2D eigenvalue weighted by atomic mass is 16.3. The van der Waals surface area contributed by atoms with Crippen molar-refractivity contribution in [3.8, 4) is 5.75 Å². The molecule has 0 heterocycles. The Morgan fingerprint density at radius 2 is 1.41 bits per heavy atom. The van der Waals surface area contributed by atoms with Crippen molar-refractivity contribution in [2.24, 2.45) is 0 Å². The number of hydrogen-bond acceptors (Lipinski definition) is 3. The average molecular weight is 361 g/mol. The van der Waals surface area contributed by atoms with Crippen molar-refractivity contribution in [2.75, 3.05) is 16.8 Å². The molecule has 136 valence electrons. The number of benzene rings is 3. The van der Waals surface area contributed by atoms with Crippen molar-refractivity contribution in [2.45, 2.75) is 0 Å². The normalized spacial score (nSPS) is 10.1. The number of amides is 3. The molecule has 0 saturated heterocycles. The van der Waals surface area contributed by atoms with E-state index in [0.29, 0.717) is 17.1 Å². The minimum Gasteiger partial charge on any atom is -0.508 e. The Bertz CT molecular complexity index is 875. The van der Waals surface area contributed by atoms with Crippen LogP contribution in [0.4, 0.5) is 21.9 Å². The van der Waals surface area contributed by atoms with Crippen LogP contribution in [0.25, 0.3) is 0 Å². The smallest absolute Gasteiger partial charge is 0.319 e. The number of urea groups is 1. The molecule has 0 spiro atoms. The van der Waals surface area contributed by atoms with Gasteiger partial charge in [0.2, 0.25) is 0 Å². The number of nitrogens with one attached hydrogen (secondary N) is 2. The summed E-state index contributed by atoms with van der Waals surface area (Å²) < 4.78 is 0. The fourth-order valence-electron chi connectivity index (χ4n) is 2.59. The average Bonchev–Trinajstić information content (AvgIpc) is 2.68. The number of aromatic hydroxyl groups is 1. The Morgan fingerprint density at radius 1 is 0.815 bits per heavy atom. The van der Waals surface area contributed by atoms with Crippen molar-refractivity contribution < 1.29 is 14.7 Å². The zero-order valence-electron chi connectivity index (χ0n) is 14.5. The molecular formula is C21H19N3O3. The molecule has 0 aliphatic rings. The molecule has 0 unspecified atom stereocenters. The van der Waals surface area contributed by atoms with Gasteiger partial charge in [0, 0.05) is 23.1 Å². The van der Waals surface area contributed by atoms with Gasteiger partial charge in [-0.1, -0.05) is 42.5 Å². The summed E-state index contributed by atoms with van der Waals surface area (Å²) in [5.74, 6) is -0.235. The molecule has 0 aliphatic heterocycles. The van der Waals surface area contributed by atoms with E-state index in [0.717, 1.165) is 0 Å². The SMILES string of the molecule is O=C(NCC(=O)N(c1ccccc1)c1ccccc1)Nc1cccc(O)c1. The van der Waals surface area contributed by atoms with E-state index < -0.39 is 6.03 Å². The Labute approximate surface area is 157 Å². The molecule has 3 aromatic rings. The first-order chi connectivity index (χ1) is 13.1. The predicted octanol–water partition coefficient (Wildman–Crippen LogP) is 3.88. The van der Waals surface area contributed by atoms with Gasteiger partial charge in [0.15, 0.2) is 0 Å². The number of carbonyl (C=O) groups is 2. The van der Waals surface area contributed by atoms with Crippen LogP contribution in [-0.4, -0.2) is 23.6 Å². The third-order valence-electron chi connectivity index (χ3n) is 3.78. The van der Waals surface area contributed by atoms with Gasteiger partial charge in [-0.25, -0.2) is 4.79 Å². The Kier molecular flexibility index (Phi) is 5.69. The maximum absolute atomic E-state index is 12.8. The first-order valence-electron chi connectivity index (χ1n) is 8.40. The van der Waals surface area contributed by atoms with Gasteiger partial charge < -0.3 is 15.7 Å². The van der Waals surface area contributed by atoms with Crippen LogP contribution >= 0.6 is 0 Å². The molecular weight excluding hydrogens is 342 g/mol. The van der Waals surface area contributed by atoms with Crippen LogP contribution in [0.15, 0.2) is 84.9 Å². The van der Waals surface area contributed by atoms with E-state index in [1.165, 1.54) is 12.1 Å². The molecule has 0 bridgehead atoms. The lowest BCUT2D eigenvalue weighted by Crippen LogP contribution is -2.39. The molecule has 0 radical (unpaired) electrons. The summed E-state index contributed by atoms with van der Waals surface area (Å²) in [4.78, 5) is 26.4. The summed E-state index contributed by atoms with van der Waals surface area (Å²) in [5, 5.41) is 14.6.